The van der Waals surface area contributed by atoms with Crippen LogP contribution in [0.3, 0.4) is 0 Å². The molecule has 0 saturated heterocycles. The van der Waals surface area contributed by atoms with Crippen molar-refractivity contribution < 1.29 is 36.6 Å². The van der Waals surface area contributed by atoms with Gasteiger partial charge in [-0.1, -0.05) is 13.8 Å². The van der Waals surface area contributed by atoms with Crippen molar-refractivity contribution in [2.24, 2.45) is 5.41 Å². The summed E-state index contributed by atoms with van der Waals surface area (Å²) in [6.45, 7) is 2.02. The highest BCUT2D eigenvalue weighted by molar-refractivity contribution is 5.90. The number of hydrogen-bond acceptors (Lipinski definition) is 4. The van der Waals surface area contributed by atoms with E-state index in [1.54, 1.807) is 6.92 Å². The molecule has 0 fully saturated rings. The number of carboxylic acids is 1. The molecule has 2 heterocycles. The van der Waals surface area contributed by atoms with Crippen molar-refractivity contribution in [3.8, 4) is 17.1 Å². The minimum Gasteiger partial charge on any atom is -0.476 e. The highest BCUT2D eigenvalue weighted by Crippen LogP contribution is 2.41. The third kappa shape index (κ3) is 4.65. The number of carboxylic acid groups (broad SMARTS) is 1. The van der Waals surface area contributed by atoms with Gasteiger partial charge in [-0.2, -0.15) is 27.1 Å². The van der Waals surface area contributed by atoms with E-state index in [0.29, 0.717) is 0 Å². The fraction of sp³-hybridized carbons (Fsp3) is 0.500. The Hall–Kier alpha value is -2.72. The Labute approximate surface area is 163 Å². The third-order valence-electron chi connectivity index (χ3n) is 4.46. The molecule has 160 valence electrons. The largest absolute Gasteiger partial charge is 0.476 e. The summed E-state index contributed by atoms with van der Waals surface area (Å²) in [4.78, 5) is 15.2. The summed E-state index contributed by atoms with van der Waals surface area (Å²) >= 11 is 0. The maximum atomic E-state index is 13.2. The number of ether oxygens (including phenoxy) is 1. The van der Waals surface area contributed by atoms with E-state index >= 15 is 0 Å². The Bertz CT molecular complexity index is 907. The van der Waals surface area contributed by atoms with Crippen LogP contribution in [-0.2, 0) is 13.0 Å². The van der Waals surface area contributed by atoms with Gasteiger partial charge < -0.3 is 9.84 Å². The smallest absolute Gasteiger partial charge is 0.394 e. The predicted molar refractivity (Wildman–Crippen MR) is 93.0 cm³/mol. The van der Waals surface area contributed by atoms with Crippen LogP contribution in [0.4, 0.5) is 22.0 Å². The van der Waals surface area contributed by atoms with Gasteiger partial charge >= 0.3 is 18.8 Å². The molecule has 2 aromatic rings. The monoisotopic (exact) mass is 421 g/mol. The summed E-state index contributed by atoms with van der Waals surface area (Å²) in [5.74, 6) is -1.89. The number of rotatable bonds is 7. The van der Waals surface area contributed by atoms with Gasteiger partial charge in [0.15, 0.2) is 5.69 Å². The molecule has 0 aliphatic rings. The predicted octanol–water partition coefficient (Wildman–Crippen LogP) is 4.70. The molecule has 2 aromatic heterocycles. The van der Waals surface area contributed by atoms with E-state index in [1.807, 2.05) is 0 Å². The average Bonchev–Trinajstić information content (AvgIpc) is 2.90. The van der Waals surface area contributed by atoms with Crippen LogP contribution in [-0.4, -0.2) is 38.6 Å². The van der Waals surface area contributed by atoms with Crippen molar-refractivity contribution in [1.82, 2.24) is 14.8 Å². The second-order valence-corrected chi connectivity index (χ2v) is 7.04. The van der Waals surface area contributed by atoms with Crippen LogP contribution in [0.15, 0.2) is 12.1 Å². The number of halogens is 5. The number of aryl methyl sites for hydroxylation is 1. The van der Waals surface area contributed by atoms with Gasteiger partial charge in [-0.3, -0.25) is 4.68 Å². The lowest BCUT2D eigenvalue weighted by Crippen LogP contribution is -2.34. The molecule has 0 aromatic carbocycles. The van der Waals surface area contributed by atoms with Crippen LogP contribution in [0.1, 0.15) is 42.5 Å². The van der Waals surface area contributed by atoms with Gasteiger partial charge in [-0.05, 0) is 26.0 Å². The SMILES string of the molecule is CCn1nc(C(=O)O)c(C)c1-c1ccc(CC(C)(C)C(F)(F)F)nc1OC(F)F. The Morgan fingerprint density at radius 2 is 1.90 bits per heavy atom. The number of carbonyl (C=O) groups is 1. The van der Waals surface area contributed by atoms with Crippen LogP contribution in [0.5, 0.6) is 5.88 Å². The summed E-state index contributed by atoms with van der Waals surface area (Å²) in [5, 5.41) is 13.2. The number of nitrogens with zero attached hydrogens (tertiary/aromatic N) is 3. The number of alkyl halides is 5. The Morgan fingerprint density at radius 1 is 1.28 bits per heavy atom. The second-order valence-electron chi connectivity index (χ2n) is 7.04. The maximum Gasteiger partial charge on any atom is 0.394 e. The molecule has 2 rings (SSSR count). The topological polar surface area (TPSA) is 77.2 Å². The van der Waals surface area contributed by atoms with Crippen molar-refractivity contribution in [2.45, 2.75) is 53.4 Å². The van der Waals surface area contributed by atoms with Crippen LogP contribution in [0, 0.1) is 12.3 Å². The zero-order chi connectivity index (χ0) is 22.1. The normalized spacial score (nSPS) is 12.5. The van der Waals surface area contributed by atoms with E-state index in [2.05, 4.69) is 14.8 Å². The highest BCUT2D eigenvalue weighted by atomic mass is 19.4. The molecule has 1 N–H and O–H groups in total. The van der Waals surface area contributed by atoms with E-state index < -0.39 is 36.5 Å². The van der Waals surface area contributed by atoms with Gasteiger partial charge in [0, 0.05) is 24.2 Å². The van der Waals surface area contributed by atoms with Crippen LogP contribution < -0.4 is 4.74 Å². The minimum absolute atomic E-state index is 0.0122. The van der Waals surface area contributed by atoms with Crippen molar-refractivity contribution in [1.29, 1.82) is 0 Å². The quantitative estimate of drug-likeness (QED) is 0.656. The summed E-state index contributed by atoms with van der Waals surface area (Å²) in [5.41, 5.74) is -2.10. The molecule has 0 amide bonds. The zero-order valence-corrected chi connectivity index (χ0v) is 16.1. The summed E-state index contributed by atoms with van der Waals surface area (Å²) in [6.07, 6.45) is -5.08. The first-order valence-electron chi connectivity index (χ1n) is 8.61. The average molecular weight is 421 g/mol. The maximum absolute atomic E-state index is 13.2. The van der Waals surface area contributed by atoms with Crippen molar-refractivity contribution in [3.63, 3.8) is 0 Å². The molecule has 11 heteroatoms. The molecule has 0 aliphatic carbocycles. The summed E-state index contributed by atoms with van der Waals surface area (Å²) < 4.78 is 71.1. The van der Waals surface area contributed by atoms with E-state index in [9.17, 15) is 31.9 Å². The molecule has 29 heavy (non-hydrogen) atoms. The molecular weight excluding hydrogens is 401 g/mol. The standard InChI is InChI=1S/C18H20F5N3O3/c1-5-26-13(9(2)12(25-26)15(27)28)11-7-6-10(24-14(11)29-16(19)20)8-17(3,4)18(21,22)23/h6-7,16H,5,8H2,1-4H3,(H,27,28). The van der Waals surface area contributed by atoms with E-state index in [4.69, 9.17) is 0 Å². The van der Waals surface area contributed by atoms with E-state index in [0.717, 1.165) is 13.8 Å². The van der Waals surface area contributed by atoms with Crippen LogP contribution in [0.2, 0.25) is 0 Å². The first-order chi connectivity index (χ1) is 13.3. The van der Waals surface area contributed by atoms with Crippen molar-refractivity contribution >= 4 is 5.97 Å². The van der Waals surface area contributed by atoms with Crippen molar-refractivity contribution in [3.05, 3.63) is 29.1 Å². The van der Waals surface area contributed by atoms with Gasteiger partial charge in [0.2, 0.25) is 5.88 Å². The Balaban J connectivity index is 2.61. The van der Waals surface area contributed by atoms with Gasteiger partial charge in [0.05, 0.1) is 16.7 Å². The zero-order valence-electron chi connectivity index (χ0n) is 16.1. The Kier molecular flexibility index (Phi) is 6.19. The fourth-order valence-corrected chi connectivity index (χ4v) is 2.81. The number of aromatic carboxylic acids is 1. The van der Waals surface area contributed by atoms with Gasteiger partial charge in [-0.15, -0.1) is 0 Å². The second kappa shape index (κ2) is 7.96. The number of aromatic nitrogens is 3. The molecular formula is C18H20F5N3O3. The number of pyridine rings is 1. The first kappa shape index (κ1) is 22.6. The molecule has 0 bridgehead atoms. The Morgan fingerprint density at radius 3 is 2.38 bits per heavy atom. The number of hydrogen-bond donors (Lipinski definition) is 1. The van der Waals surface area contributed by atoms with Crippen LogP contribution >= 0.6 is 0 Å². The molecule has 0 saturated carbocycles. The summed E-state index contributed by atoms with van der Waals surface area (Å²) in [7, 11) is 0. The lowest BCUT2D eigenvalue weighted by atomic mass is 9.87. The fourth-order valence-electron chi connectivity index (χ4n) is 2.81. The molecule has 0 unspecified atom stereocenters. The minimum atomic E-state index is -4.52. The lowest BCUT2D eigenvalue weighted by molar-refractivity contribution is -0.211. The van der Waals surface area contributed by atoms with Crippen molar-refractivity contribution in [2.75, 3.05) is 0 Å². The molecule has 0 spiro atoms. The van der Waals surface area contributed by atoms with Gasteiger partial charge in [0.1, 0.15) is 0 Å². The highest BCUT2D eigenvalue weighted by Gasteiger charge is 2.47. The van der Waals surface area contributed by atoms with E-state index in [1.165, 1.54) is 23.7 Å². The summed E-state index contributed by atoms with van der Waals surface area (Å²) in [6, 6.07) is 2.56. The van der Waals surface area contributed by atoms with Gasteiger partial charge in [-0.25, -0.2) is 9.78 Å². The third-order valence-corrected chi connectivity index (χ3v) is 4.46. The first-order valence-corrected chi connectivity index (χ1v) is 8.61. The van der Waals surface area contributed by atoms with Gasteiger partial charge in [0.25, 0.3) is 0 Å². The van der Waals surface area contributed by atoms with Crippen LogP contribution in [0.25, 0.3) is 11.3 Å². The molecule has 0 radical (unpaired) electrons. The van der Waals surface area contributed by atoms with E-state index in [-0.39, 0.29) is 34.8 Å². The molecule has 0 aliphatic heterocycles. The molecule has 6 nitrogen and oxygen atoms in total. The molecule has 0 atom stereocenters. The lowest BCUT2D eigenvalue weighted by Gasteiger charge is -2.27.